The van der Waals surface area contributed by atoms with Gasteiger partial charge in [0.25, 0.3) is 0 Å². The Morgan fingerprint density at radius 2 is 2.19 bits per heavy atom. The van der Waals surface area contributed by atoms with Crippen molar-refractivity contribution in [1.29, 1.82) is 0 Å². The molecule has 1 fully saturated rings. The lowest BCUT2D eigenvalue weighted by atomic mass is 10.1. The van der Waals surface area contributed by atoms with E-state index in [0.717, 1.165) is 22.3 Å². The van der Waals surface area contributed by atoms with Crippen LogP contribution in [0.3, 0.4) is 0 Å². The molecule has 1 amide bonds. The predicted molar refractivity (Wildman–Crippen MR) is 87.0 cm³/mol. The van der Waals surface area contributed by atoms with E-state index in [1.54, 1.807) is 16.2 Å². The normalized spacial score (nSPS) is 21.5. The summed E-state index contributed by atoms with van der Waals surface area (Å²) in [4.78, 5) is 17.6. The van der Waals surface area contributed by atoms with Crippen molar-refractivity contribution in [3.8, 4) is 0 Å². The van der Waals surface area contributed by atoms with Gasteiger partial charge in [0.15, 0.2) is 0 Å². The van der Waals surface area contributed by atoms with Crippen molar-refractivity contribution in [2.24, 2.45) is 0 Å². The maximum atomic E-state index is 12.5. The first-order valence-electron chi connectivity index (χ1n) is 7.27. The quantitative estimate of drug-likeness (QED) is 0.850. The van der Waals surface area contributed by atoms with Gasteiger partial charge in [-0.25, -0.2) is 0 Å². The van der Waals surface area contributed by atoms with Gasteiger partial charge in [0.1, 0.15) is 6.10 Å². The average Bonchev–Trinajstić information content (AvgIpc) is 2.91. The number of rotatable bonds is 4. The molecule has 2 rings (SSSR count). The van der Waals surface area contributed by atoms with Gasteiger partial charge >= 0.3 is 0 Å². The summed E-state index contributed by atoms with van der Waals surface area (Å²) in [7, 11) is 1.86. The molecule has 1 aliphatic rings. The van der Waals surface area contributed by atoms with Gasteiger partial charge in [-0.05, 0) is 32.9 Å². The van der Waals surface area contributed by atoms with Crippen molar-refractivity contribution in [2.45, 2.75) is 39.0 Å². The van der Waals surface area contributed by atoms with E-state index in [4.69, 9.17) is 16.3 Å². The minimum absolute atomic E-state index is 0.0101. The monoisotopic (exact) mass is 330 g/mol. The lowest BCUT2D eigenvalue weighted by Crippen LogP contribution is -2.51. The Hall–Kier alpha value is -0.620. The van der Waals surface area contributed by atoms with Gasteiger partial charge in [0, 0.05) is 31.1 Å². The molecule has 21 heavy (non-hydrogen) atoms. The molecule has 1 aromatic heterocycles. The minimum Gasteiger partial charge on any atom is -0.370 e. The number of carbonyl (C=O) groups is 1. The highest BCUT2D eigenvalue weighted by Gasteiger charge is 2.31. The van der Waals surface area contributed by atoms with Crippen LogP contribution in [0.2, 0.25) is 4.34 Å². The Bertz CT molecular complexity index is 492. The number of amides is 1. The van der Waals surface area contributed by atoms with Gasteiger partial charge in [-0.1, -0.05) is 11.6 Å². The topological polar surface area (TPSA) is 32.8 Å². The number of carbonyl (C=O) groups excluding carboxylic acids is 1. The SMILES string of the molecule is CC(C)N(C)C(=O)[C@@H](C)N1CCO[C@H](c2ccc(Cl)s2)C1. The van der Waals surface area contributed by atoms with Crippen LogP contribution in [0.15, 0.2) is 12.1 Å². The first-order chi connectivity index (χ1) is 9.90. The lowest BCUT2D eigenvalue weighted by Gasteiger charge is -2.37. The zero-order valence-electron chi connectivity index (χ0n) is 13.0. The molecule has 0 aromatic carbocycles. The van der Waals surface area contributed by atoms with Gasteiger partial charge in [-0.2, -0.15) is 0 Å². The molecule has 6 heteroatoms. The molecule has 4 nitrogen and oxygen atoms in total. The maximum absolute atomic E-state index is 12.5. The van der Waals surface area contributed by atoms with Crippen molar-refractivity contribution in [3.63, 3.8) is 0 Å². The molecular formula is C15H23ClN2O2S. The molecule has 0 bridgehead atoms. The zero-order valence-corrected chi connectivity index (χ0v) is 14.6. The Kier molecular flexibility index (Phi) is 5.66. The van der Waals surface area contributed by atoms with E-state index < -0.39 is 0 Å². The first kappa shape index (κ1) is 16.7. The number of ether oxygens (including phenoxy) is 1. The Morgan fingerprint density at radius 3 is 2.76 bits per heavy atom. The van der Waals surface area contributed by atoms with Crippen LogP contribution in [0.4, 0.5) is 0 Å². The number of hydrogen-bond acceptors (Lipinski definition) is 4. The van der Waals surface area contributed by atoms with E-state index in [1.807, 2.05) is 40.0 Å². The van der Waals surface area contributed by atoms with Crippen LogP contribution in [0.25, 0.3) is 0 Å². The number of nitrogens with zero attached hydrogens (tertiary/aromatic N) is 2. The molecule has 1 aromatic rings. The van der Waals surface area contributed by atoms with E-state index >= 15 is 0 Å². The maximum Gasteiger partial charge on any atom is 0.239 e. The molecule has 0 spiro atoms. The summed E-state index contributed by atoms with van der Waals surface area (Å²) >= 11 is 7.54. The minimum atomic E-state index is -0.126. The second kappa shape index (κ2) is 7.09. The summed E-state index contributed by atoms with van der Waals surface area (Å²) in [5.41, 5.74) is 0. The van der Waals surface area contributed by atoms with Crippen LogP contribution in [0.1, 0.15) is 31.8 Å². The predicted octanol–water partition coefficient (Wildman–Crippen LogP) is 3.03. The second-order valence-electron chi connectivity index (χ2n) is 5.72. The molecule has 0 unspecified atom stereocenters. The number of halogens is 1. The third-order valence-electron chi connectivity index (χ3n) is 4.04. The Labute approximate surface area is 135 Å². The average molecular weight is 331 g/mol. The first-order valence-corrected chi connectivity index (χ1v) is 8.47. The van der Waals surface area contributed by atoms with Gasteiger partial charge in [-0.3, -0.25) is 9.69 Å². The molecule has 0 N–H and O–H groups in total. The Balaban J connectivity index is 2.02. The fourth-order valence-electron chi connectivity index (χ4n) is 2.40. The number of morpholine rings is 1. The molecular weight excluding hydrogens is 308 g/mol. The zero-order chi connectivity index (χ0) is 15.6. The van der Waals surface area contributed by atoms with Crippen molar-refractivity contribution in [2.75, 3.05) is 26.7 Å². The van der Waals surface area contributed by atoms with E-state index in [2.05, 4.69) is 4.90 Å². The standard InChI is InChI=1S/C15H23ClN2O2S/c1-10(2)17(4)15(19)11(3)18-7-8-20-12(9-18)13-5-6-14(16)21-13/h5-6,10-12H,7-9H2,1-4H3/t11-,12+/m1/s1. The fraction of sp³-hybridized carbons (Fsp3) is 0.667. The van der Waals surface area contributed by atoms with Crippen molar-refractivity contribution in [3.05, 3.63) is 21.3 Å². The van der Waals surface area contributed by atoms with Gasteiger partial charge in [0.05, 0.1) is 17.0 Å². The largest absolute Gasteiger partial charge is 0.370 e. The molecule has 0 aliphatic carbocycles. The van der Waals surface area contributed by atoms with Crippen LogP contribution in [-0.4, -0.2) is 54.5 Å². The summed E-state index contributed by atoms with van der Waals surface area (Å²) in [5, 5.41) is 0. The van der Waals surface area contributed by atoms with E-state index in [-0.39, 0.29) is 24.1 Å². The van der Waals surface area contributed by atoms with Gasteiger partial charge in [-0.15, -0.1) is 11.3 Å². The lowest BCUT2D eigenvalue weighted by molar-refractivity contribution is -0.139. The second-order valence-corrected chi connectivity index (χ2v) is 7.46. The van der Waals surface area contributed by atoms with E-state index in [1.165, 1.54) is 0 Å². The van der Waals surface area contributed by atoms with Crippen LogP contribution < -0.4 is 0 Å². The molecule has 0 saturated carbocycles. The summed E-state index contributed by atoms with van der Waals surface area (Å²) in [6.45, 7) is 8.19. The third kappa shape index (κ3) is 3.97. The summed E-state index contributed by atoms with van der Waals surface area (Å²) in [5.74, 6) is 0.162. The van der Waals surface area contributed by atoms with E-state index in [0.29, 0.717) is 6.61 Å². The highest BCUT2D eigenvalue weighted by atomic mass is 35.5. The van der Waals surface area contributed by atoms with E-state index in [9.17, 15) is 4.79 Å². The van der Waals surface area contributed by atoms with Crippen molar-refractivity contribution < 1.29 is 9.53 Å². The summed E-state index contributed by atoms with van der Waals surface area (Å²) < 4.78 is 6.60. The molecule has 1 saturated heterocycles. The molecule has 2 atom stereocenters. The van der Waals surface area contributed by atoms with Crippen LogP contribution in [-0.2, 0) is 9.53 Å². The molecule has 2 heterocycles. The number of likely N-dealkylation sites (N-methyl/N-ethyl adjacent to an activating group) is 1. The fourth-order valence-corrected chi connectivity index (χ4v) is 3.50. The van der Waals surface area contributed by atoms with Gasteiger partial charge < -0.3 is 9.64 Å². The molecule has 1 aliphatic heterocycles. The Morgan fingerprint density at radius 1 is 1.48 bits per heavy atom. The molecule has 118 valence electrons. The summed E-state index contributed by atoms with van der Waals surface area (Å²) in [6.07, 6.45) is 0.0101. The highest BCUT2D eigenvalue weighted by molar-refractivity contribution is 7.16. The van der Waals surface area contributed by atoms with Crippen molar-refractivity contribution >= 4 is 28.8 Å². The third-order valence-corrected chi connectivity index (χ3v) is 5.36. The van der Waals surface area contributed by atoms with Crippen molar-refractivity contribution in [1.82, 2.24) is 9.80 Å². The van der Waals surface area contributed by atoms with Crippen LogP contribution >= 0.6 is 22.9 Å². The highest BCUT2D eigenvalue weighted by Crippen LogP contribution is 2.31. The smallest absolute Gasteiger partial charge is 0.239 e. The number of hydrogen-bond donors (Lipinski definition) is 0. The number of thiophene rings is 1. The molecule has 0 radical (unpaired) electrons. The van der Waals surface area contributed by atoms with Crippen LogP contribution in [0, 0.1) is 0 Å². The summed E-state index contributed by atoms with van der Waals surface area (Å²) in [6, 6.07) is 3.99. The van der Waals surface area contributed by atoms with Crippen LogP contribution in [0.5, 0.6) is 0 Å². The van der Waals surface area contributed by atoms with Gasteiger partial charge in [0.2, 0.25) is 5.91 Å².